The molecule has 0 aliphatic rings. The Morgan fingerprint density at radius 2 is 1.64 bits per heavy atom. The Kier molecular flexibility index (Phi) is 3.25. The summed E-state index contributed by atoms with van der Waals surface area (Å²) in [5.74, 6) is -1.53. The molecule has 0 saturated carbocycles. The molecule has 1 aromatic heterocycles. The molecule has 110 valence electrons. The highest BCUT2D eigenvalue weighted by Gasteiger charge is 2.19. The van der Waals surface area contributed by atoms with Gasteiger partial charge in [0, 0.05) is 22.2 Å². The third kappa shape index (κ3) is 2.07. The van der Waals surface area contributed by atoms with Gasteiger partial charge < -0.3 is 5.11 Å². The second-order valence-corrected chi connectivity index (χ2v) is 4.93. The molecule has 1 N–H and O–H groups in total. The van der Waals surface area contributed by atoms with Gasteiger partial charge in [0.1, 0.15) is 5.82 Å². The van der Waals surface area contributed by atoms with E-state index in [0.717, 1.165) is 0 Å². The lowest BCUT2D eigenvalue weighted by atomic mass is 10.0. The van der Waals surface area contributed by atoms with Crippen molar-refractivity contribution in [1.82, 2.24) is 4.57 Å². The number of carboxylic acids is 1. The maximum absolute atomic E-state index is 13.1. The lowest BCUT2D eigenvalue weighted by molar-refractivity contribution is 0.0697. The van der Waals surface area contributed by atoms with Gasteiger partial charge in [-0.1, -0.05) is 18.2 Å². The molecule has 0 amide bonds. The van der Waals surface area contributed by atoms with E-state index < -0.39 is 11.8 Å². The van der Waals surface area contributed by atoms with Gasteiger partial charge in [-0.15, -0.1) is 0 Å². The van der Waals surface area contributed by atoms with Crippen molar-refractivity contribution in [3.05, 3.63) is 76.0 Å². The van der Waals surface area contributed by atoms with Crippen LogP contribution in [-0.4, -0.2) is 15.6 Å². The lowest BCUT2D eigenvalue weighted by Crippen LogP contribution is -2.24. The number of benzene rings is 2. The fourth-order valence-electron chi connectivity index (χ4n) is 2.64. The van der Waals surface area contributed by atoms with Crippen LogP contribution in [0.4, 0.5) is 4.39 Å². The van der Waals surface area contributed by atoms with E-state index in [1.54, 1.807) is 31.2 Å². The maximum atomic E-state index is 13.1. The number of hydrogen-bond acceptors (Lipinski definition) is 2. The van der Waals surface area contributed by atoms with E-state index in [2.05, 4.69) is 0 Å². The summed E-state index contributed by atoms with van der Waals surface area (Å²) in [5, 5.41) is 10.2. The molecule has 0 bridgehead atoms. The molecule has 0 saturated heterocycles. The molecule has 22 heavy (non-hydrogen) atoms. The van der Waals surface area contributed by atoms with E-state index in [9.17, 15) is 19.1 Å². The summed E-state index contributed by atoms with van der Waals surface area (Å²) in [5.41, 5.74) is 0.476. The second-order valence-electron chi connectivity index (χ2n) is 4.93. The molecule has 0 fully saturated rings. The number of halogens is 1. The van der Waals surface area contributed by atoms with Crippen LogP contribution in [0.15, 0.2) is 53.3 Å². The first-order valence-corrected chi connectivity index (χ1v) is 6.64. The number of aromatic carboxylic acids is 1. The summed E-state index contributed by atoms with van der Waals surface area (Å²) in [6.07, 6.45) is 0. The Morgan fingerprint density at radius 1 is 1.05 bits per heavy atom. The lowest BCUT2D eigenvalue weighted by Gasteiger charge is -2.15. The summed E-state index contributed by atoms with van der Waals surface area (Å²) in [6.45, 7) is 1.57. The summed E-state index contributed by atoms with van der Waals surface area (Å²) >= 11 is 0. The summed E-state index contributed by atoms with van der Waals surface area (Å²) < 4.78 is 14.4. The van der Waals surface area contributed by atoms with Gasteiger partial charge in [0.05, 0.1) is 5.56 Å². The summed E-state index contributed by atoms with van der Waals surface area (Å²) in [4.78, 5) is 24.3. The normalized spacial score (nSPS) is 10.8. The van der Waals surface area contributed by atoms with Gasteiger partial charge >= 0.3 is 5.97 Å². The minimum absolute atomic E-state index is 0.0690. The zero-order valence-electron chi connectivity index (χ0n) is 11.7. The number of carboxylic acid groups (broad SMARTS) is 1. The van der Waals surface area contributed by atoms with E-state index in [-0.39, 0.29) is 11.1 Å². The quantitative estimate of drug-likeness (QED) is 0.790. The van der Waals surface area contributed by atoms with Gasteiger partial charge in [-0.2, -0.15) is 0 Å². The van der Waals surface area contributed by atoms with Crippen molar-refractivity contribution in [3.63, 3.8) is 0 Å². The minimum Gasteiger partial charge on any atom is -0.478 e. The van der Waals surface area contributed by atoms with Crippen molar-refractivity contribution in [1.29, 1.82) is 0 Å². The van der Waals surface area contributed by atoms with Crippen LogP contribution in [0.5, 0.6) is 0 Å². The average molecular weight is 297 g/mol. The average Bonchev–Trinajstić information content (AvgIpc) is 2.49. The van der Waals surface area contributed by atoms with Crippen molar-refractivity contribution in [2.45, 2.75) is 6.92 Å². The minimum atomic E-state index is -1.11. The van der Waals surface area contributed by atoms with Crippen LogP contribution in [0.25, 0.3) is 16.5 Å². The molecule has 0 radical (unpaired) electrons. The van der Waals surface area contributed by atoms with Crippen LogP contribution in [0, 0.1) is 12.7 Å². The highest BCUT2D eigenvalue weighted by molar-refractivity contribution is 6.04. The zero-order valence-corrected chi connectivity index (χ0v) is 11.7. The van der Waals surface area contributed by atoms with Crippen LogP contribution in [-0.2, 0) is 0 Å². The molecule has 0 aliphatic heterocycles. The Labute approximate surface area is 125 Å². The highest BCUT2D eigenvalue weighted by Crippen LogP contribution is 2.22. The number of fused-ring (bicyclic) bond motifs is 1. The largest absolute Gasteiger partial charge is 0.478 e. The fourth-order valence-corrected chi connectivity index (χ4v) is 2.64. The number of hydrogen-bond donors (Lipinski definition) is 1. The number of rotatable bonds is 2. The monoisotopic (exact) mass is 297 g/mol. The smallest absolute Gasteiger partial charge is 0.338 e. The zero-order chi connectivity index (χ0) is 15.9. The highest BCUT2D eigenvalue weighted by atomic mass is 19.1. The van der Waals surface area contributed by atoms with Crippen LogP contribution in [0.3, 0.4) is 0 Å². The number of carbonyl (C=O) groups is 1. The molecular weight excluding hydrogens is 285 g/mol. The Bertz CT molecular complexity index is 943. The molecule has 0 aliphatic carbocycles. The molecule has 1 heterocycles. The van der Waals surface area contributed by atoms with Crippen molar-refractivity contribution in [2.75, 3.05) is 0 Å². The molecule has 0 atom stereocenters. The number of nitrogens with zero attached hydrogens (tertiary/aromatic N) is 1. The first-order chi connectivity index (χ1) is 10.5. The van der Waals surface area contributed by atoms with Crippen LogP contribution < -0.4 is 5.56 Å². The first-order valence-electron chi connectivity index (χ1n) is 6.64. The predicted molar refractivity (Wildman–Crippen MR) is 81.2 cm³/mol. The van der Waals surface area contributed by atoms with E-state index in [0.29, 0.717) is 22.2 Å². The maximum Gasteiger partial charge on any atom is 0.338 e. The Hall–Kier alpha value is -2.95. The molecule has 0 spiro atoms. The van der Waals surface area contributed by atoms with Gasteiger partial charge in [0.2, 0.25) is 0 Å². The third-order valence-corrected chi connectivity index (χ3v) is 3.63. The Balaban J connectivity index is 2.48. The molecule has 0 unspecified atom stereocenters. The van der Waals surface area contributed by atoms with Gasteiger partial charge in [-0.3, -0.25) is 9.36 Å². The molecule has 3 aromatic rings. The predicted octanol–water partition coefficient (Wildman–Crippen LogP) is 3.14. The van der Waals surface area contributed by atoms with Gasteiger partial charge in [-0.25, -0.2) is 9.18 Å². The second kappa shape index (κ2) is 5.11. The van der Waals surface area contributed by atoms with E-state index >= 15 is 0 Å². The van der Waals surface area contributed by atoms with E-state index in [1.165, 1.54) is 28.8 Å². The van der Waals surface area contributed by atoms with Gasteiger partial charge in [-0.05, 0) is 37.3 Å². The van der Waals surface area contributed by atoms with Crippen molar-refractivity contribution in [2.24, 2.45) is 0 Å². The van der Waals surface area contributed by atoms with Crippen molar-refractivity contribution >= 4 is 16.7 Å². The van der Waals surface area contributed by atoms with Crippen molar-refractivity contribution in [3.8, 4) is 5.69 Å². The SMILES string of the molecule is Cc1c(C(=O)O)c2ccccc2c(=O)n1-c1ccc(F)cc1. The van der Waals surface area contributed by atoms with E-state index in [1.807, 2.05) is 0 Å². The topological polar surface area (TPSA) is 59.3 Å². The van der Waals surface area contributed by atoms with Crippen molar-refractivity contribution < 1.29 is 14.3 Å². The molecule has 2 aromatic carbocycles. The number of aromatic nitrogens is 1. The summed E-state index contributed by atoms with van der Waals surface area (Å²) in [6, 6.07) is 11.9. The third-order valence-electron chi connectivity index (χ3n) is 3.63. The molecular formula is C17H12FNO3. The first kappa shape index (κ1) is 14.0. The molecule has 3 rings (SSSR count). The molecule has 4 nitrogen and oxygen atoms in total. The van der Waals surface area contributed by atoms with E-state index in [4.69, 9.17) is 0 Å². The van der Waals surface area contributed by atoms with Crippen LogP contribution in [0.2, 0.25) is 0 Å². The van der Waals surface area contributed by atoms with Gasteiger partial charge in [0.15, 0.2) is 0 Å². The van der Waals surface area contributed by atoms with Crippen LogP contribution in [0.1, 0.15) is 16.1 Å². The number of pyridine rings is 1. The fraction of sp³-hybridized carbons (Fsp3) is 0.0588. The van der Waals surface area contributed by atoms with Gasteiger partial charge in [0.25, 0.3) is 5.56 Å². The molecule has 5 heteroatoms. The Morgan fingerprint density at radius 3 is 2.23 bits per heavy atom. The van der Waals surface area contributed by atoms with Crippen LogP contribution >= 0.6 is 0 Å². The standard InChI is InChI=1S/C17H12FNO3/c1-10-15(17(21)22)13-4-2-3-5-14(13)16(20)19(10)12-8-6-11(18)7-9-12/h2-9H,1H3,(H,21,22). The summed E-state index contributed by atoms with van der Waals surface area (Å²) in [7, 11) is 0.